The summed E-state index contributed by atoms with van der Waals surface area (Å²) in [6.45, 7) is 5.06. The summed E-state index contributed by atoms with van der Waals surface area (Å²) in [6.07, 6.45) is 5.26. The Bertz CT molecular complexity index is 1330. The van der Waals surface area contributed by atoms with E-state index in [1.54, 1.807) is 27.0 Å². The molecule has 1 aromatic carbocycles. The van der Waals surface area contributed by atoms with Gasteiger partial charge in [0.25, 0.3) is 0 Å². The van der Waals surface area contributed by atoms with E-state index in [0.29, 0.717) is 12.1 Å². The van der Waals surface area contributed by atoms with Crippen molar-refractivity contribution in [2.45, 2.75) is 108 Å². The number of H-pyrrole nitrogens is 1. The Hall–Kier alpha value is -4.17. The molecule has 2 fully saturated rings. The van der Waals surface area contributed by atoms with Crippen molar-refractivity contribution in [3.05, 3.63) is 54.1 Å². The topological polar surface area (TPSA) is 195 Å². The van der Waals surface area contributed by atoms with E-state index in [1.165, 1.54) is 11.2 Å². The number of amides is 4. The van der Waals surface area contributed by atoms with Gasteiger partial charge in [-0.05, 0) is 38.7 Å². The van der Waals surface area contributed by atoms with Crippen molar-refractivity contribution < 1.29 is 38.9 Å². The van der Waals surface area contributed by atoms with Crippen LogP contribution in [0.3, 0.4) is 0 Å². The summed E-state index contributed by atoms with van der Waals surface area (Å²) < 4.78 is 10.9. The molecule has 0 radical (unpaired) electrons. The summed E-state index contributed by atoms with van der Waals surface area (Å²) in [5.74, 6) is -0.901. The van der Waals surface area contributed by atoms with Crippen LogP contribution in [0, 0.1) is 5.92 Å². The van der Waals surface area contributed by atoms with Crippen LogP contribution in [-0.4, -0.2) is 105 Å². The highest BCUT2D eigenvalue weighted by Crippen LogP contribution is 2.29. The summed E-state index contributed by atoms with van der Waals surface area (Å²) in [5, 5.41) is 29.3. The molecule has 1 saturated carbocycles. The fourth-order valence-corrected chi connectivity index (χ4v) is 6.23. The first-order valence-corrected chi connectivity index (χ1v) is 16.8. The van der Waals surface area contributed by atoms with E-state index >= 15 is 0 Å². The Kier molecular flexibility index (Phi) is 13.2. The normalized spacial score (nSPS) is 19.5. The average molecular weight is 671 g/mol. The highest BCUT2D eigenvalue weighted by atomic mass is 16.6. The summed E-state index contributed by atoms with van der Waals surface area (Å²) >= 11 is 0. The van der Waals surface area contributed by atoms with Gasteiger partial charge in [-0.25, -0.2) is 14.6 Å². The maximum absolute atomic E-state index is 14.1. The second-order valence-electron chi connectivity index (χ2n) is 13.7. The third-order valence-electron chi connectivity index (χ3n) is 8.62. The zero-order valence-corrected chi connectivity index (χ0v) is 28.0. The lowest BCUT2D eigenvalue weighted by molar-refractivity contribution is -0.131. The van der Waals surface area contributed by atoms with Gasteiger partial charge in [0.2, 0.25) is 11.8 Å². The van der Waals surface area contributed by atoms with Gasteiger partial charge in [-0.3, -0.25) is 9.59 Å². The average Bonchev–Trinajstić information content (AvgIpc) is 3.69. The van der Waals surface area contributed by atoms with E-state index in [2.05, 4.69) is 25.9 Å². The molecule has 4 amide bonds. The second-order valence-corrected chi connectivity index (χ2v) is 13.7. The summed E-state index contributed by atoms with van der Waals surface area (Å²) in [4.78, 5) is 61.4. The number of rotatable bonds is 15. The molecule has 1 aliphatic heterocycles. The Balaban J connectivity index is 1.55. The molecule has 4 rings (SSSR count). The van der Waals surface area contributed by atoms with Gasteiger partial charge in [0.1, 0.15) is 29.9 Å². The highest BCUT2D eigenvalue weighted by Gasteiger charge is 2.41. The van der Waals surface area contributed by atoms with Crippen LogP contribution >= 0.6 is 0 Å². The number of aromatic nitrogens is 2. The summed E-state index contributed by atoms with van der Waals surface area (Å²) in [5.41, 5.74) is 0.585. The van der Waals surface area contributed by atoms with E-state index in [0.717, 1.165) is 37.7 Å². The minimum absolute atomic E-state index is 0.0526. The number of carbonyl (C=O) groups excluding carboxylic acids is 4. The van der Waals surface area contributed by atoms with Crippen LogP contribution in [0.1, 0.15) is 70.6 Å². The maximum Gasteiger partial charge on any atom is 0.410 e. The standard InChI is InChI=1S/C34H50N6O8/c1-34(2,3)48-32(45)39-26(17-23-12-8-5-9-13-23)30(43)38-27(18-24-19-35-21-36-24)31(44)37-25(16-22-10-6-4-7-11-22)29(42)28-20-40(14-15-41)33(46)47-28/h5,8-9,12-13,19,21-22,25-29,41-42H,4,6-7,10-11,14-18,20H2,1-3H3,(H,35,36)(H,37,44)(H,38,43)(H,39,45)/t25-,26-,27-,28-,29+/m0/s1. The van der Waals surface area contributed by atoms with Crippen LogP contribution in [0.4, 0.5) is 9.59 Å². The molecule has 0 spiro atoms. The lowest BCUT2D eigenvalue weighted by Crippen LogP contribution is -2.58. The number of β-amino-alcohol motifs (C(OH)–C–C–N with tert-alkyl or cyclic N) is 1. The van der Waals surface area contributed by atoms with Crippen molar-refractivity contribution >= 4 is 24.0 Å². The van der Waals surface area contributed by atoms with Crippen LogP contribution in [0.15, 0.2) is 42.9 Å². The molecule has 2 heterocycles. The predicted molar refractivity (Wildman–Crippen MR) is 176 cm³/mol. The molecule has 0 bridgehead atoms. The number of hydrogen-bond acceptors (Lipinski definition) is 9. The third-order valence-corrected chi connectivity index (χ3v) is 8.62. The van der Waals surface area contributed by atoms with E-state index in [-0.39, 0.29) is 38.5 Å². The van der Waals surface area contributed by atoms with Gasteiger partial charge in [-0.2, -0.15) is 0 Å². The third kappa shape index (κ3) is 11.2. The molecule has 1 aromatic heterocycles. The molecular formula is C34H50N6O8. The number of hydrogen-bond donors (Lipinski definition) is 6. The fraction of sp³-hybridized carbons (Fsp3) is 0.618. The van der Waals surface area contributed by atoms with E-state index in [1.807, 2.05) is 30.3 Å². The fourth-order valence-electron chi connectivity index (χ4n) is 6.23. The number of carbonyl (C=O) groups is 4. The van der Waals surface area contributed by atoms with Gasteiger partial charge in [0.05, 0.1) is 25.5 Å². The number of cyclic esters (lactones) is 1. The zero-order valence-electron chi connectivity index (χ0n) is 28.0. The Morgan fingerprint density at radius 3 is 2.38 bits per heavy atom. The van der Waals surface area contributed by atoms with Crippen molar-refractivity contribution in [2.24, 2.45) is 5.92 Å². The quantitative estimate of drug-likeness (QED) is 0.165. The van der Waals surface area contributed by atoms with E-state index in [4.69, 9.17) is 9.47 Å². The van der Waals surface area contributed by atoms with Gasteiger partial charge in [-0.1, -0.05) is 62.4 Å². The number of aromatic amines is 1. The number of aliphatic hydroxyl groups is 2. The highest BCUT2D eigenvalue weighted by molar-refractivity contribution is 5.91. The number of alkyl carbamates (subject to hydrolysis) is 1. The molecule has 0 unspecified atom stereocenters. The lowest BCUT2D eigenvalue weighted by Gasteiger charge is -2.33. The van der Waals surface area contributed by atoms with Crippen LogP contribution in [0.25, 0.3) is 0 Å². The molecular weight excluding hydrogens is 620 g/mol. The molecule has 2 aromatic rings. The van der Waals surface area contributed by atoms with Crippen LogP contribution in [-0.2, 0) is 31.9 Å². The van der Waals surface area contributed by atoms with Crippen molar-refractivity contribution in [2.75, 3.05) is 19.7 Å². The number of nitrogens with one attached hydrogen (secondary N) is 4. The first-order valence-electron chi connectivity index (χ1n) is 16.8. The number of nitrogens with zero attached hydrogens (tertiary/aromatic N) is 2. The van der Waals surface area contributed by atoms with Gasteiger partial charge in [0, 0.05) is 31.3 Å². The molecule has 14 heteroatoms. The molecule has 48 heavy (non-hydrogen) atoms. The summed E-state index contributed by atoms with van der Waals surface area (Å²) in [7, 11) is 0. The van der Waals surface area contributed by atoms with E-state index in [9.17, 15) is 29.4 Å². The predicted octanol–water partition coefficient (Wildman–Crippen LogP) is 2.20. The first kappa shape index (κ1) is 36.7. The second kappa shape index (κ2) is 17.3. The monoisotopic (exact) mass is 670 g/mol. The van der Waals surface area contributed by atoms with Crippen molar-refractivity contribution in [3.63, 3.8) is 0 Å². The maximum atomic E-state index is 14.1. The van der Waals surface area contributed by atoms with E-state index < -0.39 is 59.9 Å². The summed E-state index contributed by atoms with van der Waals surface area (Å²) in [6, 6.07) is 6.20. The lowest BCUT2D eigenvalue weighted by atomic mass is 9.83. The number of imidazole rings is 1. The van der Waals surface area contributed by atoms with Gasteiger partial charge >= 0.3 is 12.2 Å². The molecule has 264 valence electrons. The van der Waals surface area contributed by atoms with Crippen LogP contribution in [0.5, 0.6) is 0 Å². The number of benzene rings is 1. The minimum atomic E-state index is -1.23. The van der Waals surface area contributed by atoms with Crippen molar-refractivity contribution in [1.82, 2.24) is 30.8 Å². The SMILES string of the molecule is CC(C)(C)OC(=O)N[C@@H](Cc1ccccc1)C(=O)N[C@@H](Cc1cnc[nH]1)C(=O)N[C@@H](CC1CCCCC1)[C@@H](O)[C@@H]1CN(CCO)C(=O)O1. The van der Waals surface area contributed by atoms with Gasteiger partial charge in [-0.15, -0.1) is 0 Å². The number of aliphatic hydroxyl groups excluding tert-OH is 2. The molecule has 1 aliphatic carbocycles. The zero-order chi connectivity index (χ0) is 34.7. The van der Waals surface area contributed by atoms with Crippen molar-refractivity contribution in [1.29, 1.82) is 0 Å². The molecule has 5 atom stereocenters. The molecule has 1 saturated heterocycles. The minimum Gasteiger partial charge on any atom is -0.444 e. The Morgan fingerprint density at radius 1 is 1.04 bits per heavy atom. The number of ether oxygens (including phenoxy) is 2. The van der Waals surface area contributed by atoms with Crippen molar-refractivity contribution in [3.8, 4) is 0 Å². The largest absolute Gasteiger partial charge is 0.444 e. The molecule has 14 nitrogen and oxygen atoms in total. The van der Waals surface area contributed by atoms with Gasteiger partial charge in [0.15, 0.2) is 0 Å². The van der Waals surface area contributed by atoms with Gasteiger partial charge < -0.3 is 45.5 Å². The molecule has 2 aliphatic rings. The Labute approximate surface area is 281 Å². The molecule has 6 N–H and O–H groups in total. The Morgan fingerprint density at radius 2 is 1.73 bits per heavy atom. The smallest absolute Gasteiger partial charge is 0.410 e. The first-order chi connectivity index (χ1) is 22.9. The van der Waals surface area contributed by atoms with Crippen LogP contribution in [0.2, 0.25) is 0 Å². The van der Waals surface area contributed by atoms with Crippen LogP contribution < -0.4 is 16.0 Å².